The van der Waals surface area contributed by atoms with Crippen LogP contribution >= 0.6 is 27.3 Å². The van der Waals surface area contributed by atoms with Crippen LogP contribution in [0.15, 0.2) is 34.4 Å². The molecule has 0 amide bonds. The lowest BCUT2D eigenvalue weighted by Crippen LogP contribution is -2.06. The number of pyridine rings is 1. The molecule has 88 valence electrons. The Bertz CT molecular complexity index is 542. The van der Waals surface area contributed by atoms with Gasteiger partial charge in [0.2, 0.25) is 0 Å². The maximum atomic E-state index is 11.0. The zero-order valence-electron chi connectivity index (χ0n) is 8.68. The maximum absolute atomic E-state index is 11.0. The second-order valence-electron chi connectivity index (χ2n) is 3.31. The summed E-state index contributed by atoms with van der Waals surface area (Å²) in [5.41, 5.74) is 0.764. The van der Waals surface area contributed by atoms with Crippen molar-refractivity contribution in [3.05, 3.63) is 44.8 Å². The predicted molar refractivity (Wildman–Crippen MR) is 70.5 cm³/mol. The Morgan fingerprint density at radius 1 is 1.59 bits per heavy atom. The molecule has 2 N–H and O–H groups in total. The Morgan fingerprint density at radius 3 is 3.06 bits per heavy atom. The van der Waals surface area contributed by atoms with Gasteiger partial charge < -0.3 is 10.4 Å². The van der Waals surface area contributed by atoms with Crippen LogP contribution in [-0.4, -0.2) is 16.1 Å². The van der Waals surface area contributed by atoms with E-state index in [1.807, 2.05) is 11.4 Å². The normalized spacial score (nSPS) is 10.2. The van der Waals surface area contributed by atoms with Crippen LogP contribution in [0.5, 0.6) is 0 Å². The first-order valence-electron chi connectivity index (χ1n) is 4.81. The molecule has 0 bridgehead atoms. The molecule has 0 aliphatic heterocycles. The van der Waals surface area contributed by atoms with Gasteiger partial charge in [-0.05, 0) is 28.1 Å². The largest absolute Gasteiger partial charge is 0.478 e. The summed E-state index contributed by atoms with van der Waals surface area (Å²) in [5.74, 6) is -0.956. The van der Waals surface area contributed by atoms with Crippen LogP contribution in [0.25, 0.3) is 0 Å². The average Bonchev–Trinajstić information content (AvgIpc) is 2.73. The van der Waals surface area contributed by atoms with Gasteiger partial charge in [0.15, 0.2) is 0 Å². The highest BCUT2D eigenvalue weighted by Gasteiger charge is 2.09. The summed E-state index contributed by atoms with van der Waals surface area (Å²) in [6.45, 7) is 0.586. The van der Waals surface area contributed by atoms with E-state index in [2.05, 4.69) is 26.2 Å². The maximum Gasteiger partial charge on any atom is 0.337 e. The van der Waals surface area contributed by atoms with Crippen molar-refractivity contribution < 1.29 is 9.90 Å². The van der Waals surface area contributed by atoms with Crippen molar-refractivity contribution in [3.63, 3.8) is 0 Å². The van der Waals surface area contributed by atoms with E-state index in [0.717, 1.165) is 9.35 Å². The van der Waals surface area contributed by atoms with Crippen LogP contribution in [0.3, 0.4) is 0 Å². The van der Waals surface area contributed by atoms with Crippen molar-refractivity contribution in [2.45, 2.75) is 6.54 Å². The van der Waals surface area contributed by atoms with E-state index in [9.17, 15) is 4.79 Å². The van der Waals surface area contributed by atoms with Crippen LogP contribution in [-0.2, 0) is 6.54 Å². The molecule has 0 aliphatic carbocycles. The van der Waals surface area contributed by atoms with E-state index in [0.29, 0.717) is 12.2 Å². The third-order valence-electron chi connectivity index (χ3n) is 2.13. The van der Waals surface area contributed by atoms with Gasteiger partial charge >= 0.3 is 5.97 Å². The van der Waals surface area contributed by atoms with Gasteiger partial charge in [-0.3, -0.25) is 4.98 Å². The lowest BCUT2D eigenvalue weighted by atomic mass is 10.2. The lowest BCUT2D eigenvalue weighted by molar-refractivity contribution is 0.0698. The first-order chi connectivity index (χ1) is 8.16. The van der Waals surface area contributed by atoms with Crippen molar-refractivity contribution >= 4 is 38.9 Å². The number of aromatic nitrogens is 1. The Morgan fingerprint density at radius 2 is 2.41 bits per heavy atom. The minimum absolute atomic E-state index is 0.232. The summed E-state index contributed by atoms with van der Waals surface area (Å²) >= 11 is 4.98. The number of nitrogens with one attached hydrogen (secondary N) is 1. The molecule has 2 heterocycles. The molecule has 17 heavy (non-hydrogen) atoms. The number of hydrogen-bond donors (Lipinski definition) is 2. The number of aromatic carboxylic acids is 1. The van der Waals surface area contributed by atoms with E-state index in [-0.39, 0.29) is 5.56 Å². The molecular formula is C11H9BrN2O2S. The van der Waals surface area contributed by atoms with Crippen molar-refractivity contribution in [1.29, 1.82) is 0 Å². The van der Waals surface area contributed by atoms with Gasteiger partial charge in [0.25, 0.3) is 0 Å². The van der Waals surface area contributed by atoms with Crippen LogP contribution in [0.2, 0.25) is 0 Å². The number of nitrogens with zero attached hydrogens (tertiary/aromatic N) is 1. The predicted octanol–water partition coefficient (Wildman–Crippen LogP) is 3.22. The molecule has 0 unspecified atom stereocenters. The van der Waals surface area contributed by atoms with Gasteiger partial charge in [-0.1, -0.05) is 0 Å². The van der Waals surface area contributed by atoms with E-state index in [1.165, 1.54) is 18.5 Å². The van der Waals surface area contributed by atoms with Crippen molar-refractivity contribution in [3.8, 4) is 0 Å². The Kier molecular flexibility index (Phi) is 3.75. The summed E-state index contributed by atoms with van der Waals surface area (Å²) in [7, 11) is 0. The summed E-state index contributed by atoms with van der Waals surface area (Å²) in [6.07, 6.45) is 2.99. The monoisotopic (exact) mass is 312 g/mol. The molecule has 0 fully saturated rings. The standard InChI is InChI=1S/C11H9BrN2O2S/c12-7-3-8(17-6-7)4-14-10-5-13-2-1-9(10)11(15)16/h1-3,5-6,14H,4H2,(H,15,16). The third-order valence-corrected chi connectivity index (χ3v) is 3.82. The van der Waals surface area contributed by atoms with Crippen molar-refractivity contribution in [2.24, 2.45) is 0 Å². The zero-order valence-corrected chi connectivity index (χ0v) is 11.1. The van der Waals surface area contributed by atoms with E-state index in [4.69, 9.17) is 5.11 Å². The molecule has 6 heteroatoms. The van der Waals surface area contributed by atoms with E-state index >= 15 is 0 Å². The molecular weight excluding hydrogens is 304 g/mol. The molecule has 4 nitrogen and oxygen atoms in total. The number of thiophene rings is 1. The topological polar surface area (TPSA) is 62.2 Å². The molecule has 0 aliphatic rings. The number of carboxylic acids is 1. The molecule has 0 aromatic carbocycles. The second kappa shape index (κ2) is 5.29. The van der Waals surface area contributed by atoms with E-state index in [1.54, 1.807) is 11.3 Å². The van der Waals surface area contributed by atoms with Crippen molar-refractivity contribution in [2.75, 3.05) is 5.32 Å². The highest BCUT2D eigenvalue weighted by Crippen LogP contribution is 2.21. The van der Waals surface area contributed by atoms with E-state index < -0.39 is 5.97 Å². The summed E-state index contributed by atoms with van der Waals surface area (Å²) < 4.78 is 1.03. The molecule has 0 saturated heterocycles. The quantitative estimate of drug-likeness (QED) is 0.910. The minimum Gasteiger partial charge on any atom is -0.478 e. The second-order valence-corrected chi connectivity index (χ2v) is 5.22. The van der Waals surface area contributed by atoms with Crippen LogP contribution < -0.4 is 5.32 Å². The minimum atomic E-state index is -0.956. The van der Waals surface area contributed by atoms with Gasteiger partial charge in [-0.2, -0.15) is 0 Å². The number of anilines is 1. The molecule has 0 saturated carbocycles. The Labute approximate surface area is 110 Å². The molecule has 0 spiro atoms. The fraction of sp³-hybridized carbons (Fsp3) is 0.0909. The SMILES string of the molecule is O=C(O)c1ccncc1NCc1cc(Br)cs1. The number of carbonyl (C=O) groups is 1. The van der Waals surface area contributed by atoms with Crippen molar-refractivity contribution in [1.82, 2.24) is 4.98 Å². The number of halogens is 1. The molecule has 0 atom stereocenters. The first-order valence-corrected chi connectivity index (χ1v) is 6.48. The van der Waals surface area contributed by atoms with Gasteiger partial charge in [0, 0.05) is 27.5 Å². The number of carboxylic acid groups (broad SMARTS) is 1. The van der Waals surface area contributed by atoms with Gasteiger partial charge in [-0.15, -0.1) is 11.3 Å². The highest BCUT2D eigenvalue weighted by atomic mass is 79.9. The van der Waals surface area contributed by atoms with Crippen LogP contribution in [0.4, 0.5) is 5.69 Å². The smallest absolute Gasteiger partial charge is 0.337 e. The zero-order chi connectivity index (χ0) is 12.3. The number of hydrogen-bond acceptors (Lipinski definition) is 4. The van der Waals surface area contributed by atoms with Gasteiger partial charge in [-0.25, -0.2) is 4.79 Å². The molecule has 0 radical (unpaired) electrons. The van der Waals surface area contributed by atoms with Gasteiger partial charge in [0.1, 0.15) is 0 Å². The highest BCUT2D eigenvalue weighted by molar-refractivity contribution is 9.10. The number of rotatable bonds is 4. The summed E-state index contributed by atoms with van der Waals surface area (Å²) in [6, 6.07) is 3.48. The average molecular weight is 313 g/mol. The summed E-state index contributed by atoms with van der Waals surface area (Å²) in [5, 5.41) is 14.0. The lowest BCUT2D eigenvalue weighted by Gasteiger charge is -2.07. The fourth-order valence-corrected chi connectivity index (χ4v) is 2.74. The molecule has 2 aromatic rings. The Hall–Kier alpha value is -1.40. The molecule has 2 aromatic heterocycles. The fourth-order valence-electron chi connectivity index (χ4n) is 1.35. The Balaban J connectivity index is 2.11. The van der Waals surface area contributed by atoms with Crippen LogP contribution in [0.1, 0.15) is 15.2 Å². The summed E-state index contributed by atoms with van der Waals surface area (Å²) in [4.78, 5) is 16.0. The first kappa shape index (κ1) is 12.1. The molecule has 2 rings (SSSR count). The van der Waals surface area contributed by atoms with Gasteiger partial charge in [0.05, 0.1) is 17.4 Å². The van der Waals surface area contributed by atoms with Crippen LogP contribution in [0, 0.1) is 0 Å². The third kappa shape index (κ3) is 3.04.